The number of nitrogens with zero attached hydrogens (tertiary/aromatic N) is 4. The minimum absolute atomic E-state index is 0.649. The maximum Gasteiger partial charge on any atom is 0.227 e. The Labute approximate surface area is 92.1 Å². The molecule has 1 aromatic heterocycles. The SMILES string of the molecule is CN1CCN(c2ccnc(NP)n2)CC1. The highest BCUT2D eigenvalue weighted by molar-refractivity contribution is 7.18. The van der Waals surface area contributed by atoms with Crippen molar-refractivity contribution in [2.24, 2.45) is 0 Å². The largest absolute Gasteiger partial charge is 0.354 e. The highest BCUT2D eigenvalue weighted by Crippen LogP contribution is 2.14. The van der Waals surface area contributed by atoms with Crippen LogP contribution >= 0.6 is 9.39 Å². The molecule has 0 bridgehead atoms. The molecule has 1 N–H and O–H groups in total. The van der Waals surface area contributed by atoms with Gasteiger partial charge in [-0.2, -0.15) is 4.98 Å². The van der Waals surface area contributed by atoms with E-state index >= 15 is 0 Å². The van der Waals surface area contributed by atoms with Crippen LogP contribution in [0.2, 0.25) is 0 Å². The lowest BCUT2D eigenvalue weighted by atomic mass is 10.3. The second-order valence-electron chi connectivity index (χ2n) is 3.67. The van der Waals surface area contributed by atoms with Crippen molar-refractivity contribution in [3.8, 4) is 0 Å². The number of piperazine rings is 1. The molecule has 6 heteroatoms. The molecule has 2 heterocycles. The summed E-state index contributed by atoms with van der Waals surface area (Å²) in [5, 5.41) is 2.87. The molecule has 0 aliphatic carbocycles. The summed E-state index contributed by atoms with van der Waals surface area (Å²) in [6, 6.07) is 1.96. The van der Waals surface area contributed by atoms with E-state index in [0.717, 1.165) is 32.0 Å². The van der Waals surface area contributed by atoms with Gasteiger partial charge in [-0.1, -0.05) is 0 Å². The summed E-state index contributed by atoms with van der Waals surface area (Å²) >= 11 is 0. The Kier molecular flexibility index (Phi) is 3.34. The van der Waals surface area contributed by atoms with Gasteiger partial charge < -0.3 is 14.9 Å². The highest BCUT2D eigenvalue weighted by Gasteiger charge is 2.15. The number of aromatic nitrogens is 2. The molecule has 1 saturated heterocycles. The third-order valence-electron chi connectivity index (χ3n) is 2.60. The molecule has 0 amide bonds. The molecule has 2 rings (SSSR count). The average molecular weight is 225 g/mol. The molecule has 0 radical (unpaired) electrons. The predicted molar refractivity (Wildman–Crippen MR) is 65.1 cm³/mol. The maximum atomic E-state index is 4.40. The van der Waals surface area contributed by atoms with Gasteiger partial charge in [-0.05, 0) is 22.5 Å². The monoisotopic (exact) mass is 225 g/mol. The summed E-state index contributed by atoms with van der Waals surface area (Å²) in [7, 11) is 4.55. The lowest BCUT2D eigenvalue weighted by Crippen LogP contribution is -2.44. The first-order valence-corrected chi connectivity index (χ1v) is 5.60. The van der Waals surface area contributed by atoms with Crippen LogP contribution in [0.4, 0.5) is 11.8 Å². The van der Waals surface area contributed by atoms with Crippen LogP contribution in [0.3, 0.4) is 0 Å². The third kappa shape index (κ3) is 2.55. The van der Waals surface area contributed by atoms with E-state index in [4.69, 9.17) is 0 Å². The van der Waals surface area contributed by atoms with E-state index in [2.05, 4.69) is 41.3 Å². The van der Waals surface area contributed by atoms with Gasteiger partial charge in [0, 0.05) is 32.4 Å². The Morgan fingerprint density at radius 2 is 2.07 bits per heavy atom. The fourth-order valence-electron chi connectivity index (χ4n) is 1.63. The van der Waals surface area contributed by atoms with Crippen LogP contribution in [0.15, 0.2) is 12.3 Å². The van der Waals surface area contributed by atoms with Gasteiger partial charge in [0.1, 0.15) is 5.82 Å². The Balaban J connectivity index is 2.08. The van der Waals surface area contributed by atoms with Crippen molar-refractivity contribution in [2.45, 2.75) is 0 Å². The van der Waals surface area contributed by atoms with Crippen molar-refractivity contribution < 1.29 is 0 Å². The summed E-state index contributed by atoms with van der Waals surface area (Å²) in [6.45, 7) is 4.24. The first kappa shape index (κ1) is 10.6. The van der Waals surface area contributed by atoms with Crippen molar-refractivity contribution in [1.82, 2.24) is 14.9 Å². The first-order chi connectivity index (χ1) is 7.29. The van der Waals surface area contributed by atoms with E-state index in [-0.39, 0.29) is 0 Å². The van der Waals surface area contributed by atoms with Gasteiger partial charge in [0.25, 0.3) is 0 Å². The smallest absolute Gasteiger partial charge is 0.227 e. The fourth-order valence-corrected chi connectivity index (χ4v) is 1.77. The predicted octanol–water partition coefficient (Wildman–Crippen LogP) is 0.430. The van der Waals surface area contributed by atoms with E-state index in [1.165, 1.54) is 0 Å². The molecule has 1 aliphatic rings. The molecule has 15 heavy (non-hydrogen) atoms. The van der Waals surface area contributed by atoms with Gasteiger partial charge in [-0.3, -0.25) is 0 Å². The second kappa shape index (κ2) is 4.73. The van der Waals surface area contributed by atoms with E-state index in [1.54, 1.807) is 6.20 Å². The van der Waals surface area contributed by atoms with Crippen molar-refractivity contribution in [1.29, 1.82) is 0 Å². The van der Waals surface area contributed by atoms with Gasteiger partial charge in [0.15, 0.2) is 0 Å². The Bertz CT molecular complexity index is 324. The normalized spacial score (nSPS) is 17.9. The standard InChI is InChI=1S/C9H16N5P/c1-13-4-6-14(7-5-13)8-2-3-10-9(11-8)12-15/h2-3H,4-7,15H2,1H3,(H,10,11,12). The van der Waals surface area contributed by atoms with Crippen molar-refractivity contribution in [3.05, 3.63) is 12.3 Å². The number of rotatable bonds is 2. The van der Waals surface area contributed by atoms with Crippen molar-refractivity contribution >= 4 is 21.2 Å². The topological polar surface area (TPSA) is 44.3 Å². The van der Waals surface area contributed by atoms with Gasteiger partial charge >= 0.3 is 0 Å². The van der Waals surface area contributed by atoms with E-state index < -0.39 is 0 Å². The number of nitrogens with one attached hydrogen (secondary N) is 1. The molecule has 1 aromatic rings. The quantitative estimate of drug-likeness (QED) is 0.739. The fraction of sp³-hybridized carbons (Fsp3) is 0.556. The van der Waals surface area contributed by atoms with Gasteiger partial charge in [0.05, 0.1) is 0 Å². The number of hydrogen-bond donors (Lipinski definition) is 1. The van der Waals surface area contributed by atoms with Gasteiger partial charge in [-0.15, -0.1) is 0 Å². The molecule has 1 unspecified atom stereocenters. The number of anilines is 2. The minimum Gasteiger partial charge on any atom is -0.354 e. The molecule has 1 atom stereocenters. The molecular weight excluding hydrogens is 209 g/mol. The van der Waals surface area contributed by atoms with Crippen LogP contribution in [-0.4, -0.2) is 48.1 Å². The van der Waals surface area contributed by atoms with Crippen molar-refractivity contribution in [3.63, 3.8) is 0 Å². The van der Waals surface area contributed by atoms with Crippen LogP contribution in [-0.2, 0) is 0 Å². The zero-order valence-corrected chi connectivity index (χ0v) is 10.0. The second-order valence-corrected chi connectivity index (χ2v) is 3.96. The van der Waals surface area contributed by atoms with Gasteiger partial charge in [-0.25, -0.2) is 4.98 Å². The Morgan fingerprint density at radius 3 is 2.73 bits per heavy atom. The third-order valence-corrected chi connectivity index (χ3v) is 2.86. The highest BCUT2D eigenvalue weighted by atomic mass is 31.0. The van der Waals surface area contributed by atoms with Crippen molar-refractivity contribution in [2.75, 3.05) is 43.2 Å². The number of likely N-dealkylation sites (N-methyl/N-ethyl adjacent to an activating group) is 1. The zero-order chi connectivity index (χ0) is 10.7. The molecule has 5 nitrogen and oxygen atoms in total. The van der Waals surface area contributed by atoms with Crippen LogP contribution in [0.5, 0.6) is 0 Å². The number of hydrogen-bond acceptors (Lipinski definition) is 5. The maximum absolute atomic E-state index is 4.40. The lowest BCUT2D eigenvalue weighted by molar-refractivity contribution is 0.312. The van der Waals surface area contributed by atoms with E-state index in [1.807, 2.05) is 6.07 Å². The summed E-state index contributed by atoms with van der Waals surface area (Å²) in [5.74, 6) is 1.65. The minimum atomic E-state index is 0.649. The molecule has 0 saturated carbocycles. The van der Waals surface area contributed by atoms with Crippen LogP contribution in [0.25, 0.3) is 0 Å². The summed E-state index contributed by atoms with van der Waals surface area (Å²) < 4.78 is 0. The molecular formula is C9H16N5P. The first-order valence-electron chi connectivity index (χ1n) is 5.03. The molecule has 0 aromatic carbocycles. The van der Waals surface area contributed by atoms with Gasteiger partial charge in [0.2, 0.25) is 5.95 Å². The van der Waals surface area contributed by atoms with Crippen LogP contribution in [0.1, 0.15) is 0 Å². The Morgan fingerprint density at radius 1 is 1.33 bits per heavy atom. The lowest BCUT2D eigenvalue weighted by Gasteiger charge is -2.33. The molecule has 82 valence electrons. The average Bonchev–Trinajstić information content (AvgIpc) is 2.30. The Hall–Kier alpha value is -0.930. The van der Waals surface area contributed by atoms with E-state index in [0.29, 0.717) is 5.95 Å². The van der Waals surface area contributed by atoms with Crippen LogP contribution in [0, 0.1) is 0 Å². The zero-order valence-electron chi connectivity index (χ0n) is 8.85. The summed E-state index contributed by atoms with van der Waals surface area (Å²) in [5.41, 5.74) is 0. The van der Waals surface area contributed by atoms with E-state index in [9.17, 15) is 0 Å². The summed E-state index contributed by atoms with van der Waals surface area (Å²) in [4.78, 5) is 13.1. The molecule has 1 fully saturated rings. The molecule has 1 aliphatic heterocycles. The summed E-state index contributed by atoms with van der Waals surface area (Å²) in [6.07, 6.45) is 1.78. The van der Waals surface area contributed by atoms with Crippen LogP contribution < -0.4 is 9.99 Å². The molecule has 0 spiro atoms.